The highest BCUT2D eigenvalue weighted by atomic mass is 19.1. The molecule has 1 heterocycles. The van der Waals surface area contributed by atoms with Crippen molar-refractivity contribution in [1.29, 1.82) is 0 Å². The molecule has 0 aromatic carbocycles. The van der Waals surface area contributed by atoms with Crippen molar-refractivity contribution in [3.8, 4) is 0 Å². The second-order valence-corrected chi connectivity index (χ2v) is 3.85. The molecule has 1 N–H and O–H groups in total. The molecule has 0 bridgehead atoms. The Morgan fingerprint density at radius 1 is 1.53 bits per heavy atom. The van der Waals surface area contributed by atoms with E-state index in [0.29, 0.717) is 12.5 Å². The number of nitrogens with zero attached hydrogens (tertiary/aromatic N) is 1. The second-order valence-electron chi connectivity index (χ2n) is 3.85. The molecule has 1 fully saturated rings. The molecule has 2 rings (SSSR count). The van der Waals surface area contributed by atoms with E-state index in [2.05, 4.69) is 10.3 Å². The minimum Gasteiger partial charge on any atom is -0.350 e. The van der Waals surface area contributed by atoms with Crippen LogP contribution < -0.4 is 5.32 Å². The lowest BCUT2D eigenvalue weighted by Gasteiger charge is -2.25. The highest BCUT2D eigenvalue weighted by molar-refractivity contribution is 5.92. The van der Waals surface area contributed by atoms with Gasteiger partial charge in [-0.3, -0.25) is 4.79 Å². The van der Waals surface area contributed by atoms with E-state index in [1.165, 1.54) is 37.5 Å². The van der Waals surface area contributed by atoms with Gasteiger partial charge in [0.25, 0.3) is 5.91 Å². The molecule has 0 spiro atoms. The first-order chi connectivity index (χ1) is 7.25. The third kappa shape index (κ3) is 2.52. The standard InChI is InChI=1S/C11H13FN2O/c12-10-6-2-5-9(14-10)11(15)13-7-8-3-1-4-8/h2,5-6,8H,1,3-4,7H2,(H,13,15). The van der Waals surface area contributed by atoms with Gasteiger partial charge in [-0.05, 0) is 30.9 Å². The summed E-state index contributed by atoms with van der Waals surface area (Å²) in [6.45, 7) is 0.678. The summed E-state index contributed by atoms with van der Waals surface area (Å²) in [5.74, 6) is -0.310. The summed E-state index contributed by atoms with van der Waals surface area (Å²) in [6.07, 6.45) is 3.60. The summed E-state index contributed by atoms with van der Waals surface area (Å²) in [5, 5.41) is 2.76. The molecule has 0 saturated heterocycles. The number of nitrogens with one attached hydrogen (secondary N) is 1. The molecule has 1 amide bonds. The number of amides is 1. The summed E-state index contributed by atoms with van der Waals surface area (Å²) in [4.78, 5) is 15.0. The lowest BCUT2D eigenvalue weighted by Crippen LogP contribution is -2.32. The monoisotopic (exact) mass is 208 g/mol. The Kier molecular flexibility index (Phi) is 2.94. The Morgan fingerprint density at radius 2 is 2.33 bits per heavy atom. The van der Waals surface area contributed by atoms with E-state index in [-0.39, 0.29) is 11.6 Å². The van der Waals surface area contributed by atoms with Crippen LogP contribution in [-0.2, 0) is 0 Å². The van der Waals surface area contributed by atoms with E-state index in [1.54, 1.807) is 0 Å². The first-order valence-electron chi connectivity index (χ1n) is 5.16. The van der Waals surface area contributed by atoms with Gasteiger partial charge in [-0.1, -0.05) is 12.5 Å². The third-order valence-electron chi connectivity index (χ3n) is 2.72. The van der Waals surface area contributed by atoms with E-state index in [4.69, 9.17) is 0 Å². The van der Waals surface area contributed by atoms with Crippen molar-refractivity contribution in [2.75, 3.05) is 6.54 Å². The predicted molar refractivity (Wildman–Crippen MR) is 53.9 cm³/mol. The minimum atomic E-state index is -0.619. The second kappa shape index (κ2) is 4.38. The molecule has 3 nitrogen and oxygen atoms in total. The van der Waals surface area contributed by atoms with Crippen LogP contribution in [0.5, 0.6) is 0 Å². The number of aromatic nitrogens is 1. The lowest BCUT2D eigenvalue weighted by atomic mass is 9.85. The Morgan fingerprint density at radius 3 is 2.93 bits per heavy atom. The number of rotatable bonds is 3. The van der Waals surface area contributed by atoms with Gasteiger partial charge in [-0.15, -0.1) is 0 Å². The number of carbonyl (C=O) groups is 1. The minimum absolute atomic E-state index is 0.148. The zero-order chi connectivity index (χ0) is 10.7. The molecule has 0 atom stereocenters. The first-order valence-corrected chi connectivity index (χ1v) is 5.16. The van der Waals surface area contributed by atoms with Crippen molar-refractivity contribution in [2.24, 2.45) is 5.92 Å². The topological polar surface area (TPSA) is 42.0 Å². The molecule has 4 heteroatoms. The highest BCUT2D eigenvalue weighted by Gasteiger charge is 2.18. The molecule has 0 radical (unpaired) electrons. The van der Waals surface area contributed by atoms with Crippen LogP contribution in [0.15, 0.2) is 18.2 Å². The van der Waals surface area contributed by atoms with Gasteiger partial charge < -0.3 is 5.32 Å². The zero-order valence-corrected chi connectivity index (χ0v) is 8.37. The van der Waals surface area contributed by atoms with Gasteiger partial charge >= 0.3 is 0 Å². The summed E-state index contributed by atoms with van der Waals surface area (Å²) < 4.78 is 12.7. The molecular weight excluding hydrogens is 195 g/mol. The molecular formula is C11H13FN2O. The van der Waals surface area contributed by atoms with Gasteiger partial charge in [0.2, 0.25) is 5.95 Å². The molecule has 1 aromatic heterocycles. The Bertz CT molecular complexity index is 363. The Hall–Kier alpha value is -1.45. The highest BCUT2D eigenvalue weighted by Crippen LogP contribution is 2.25. The first kappa shape index (κ1) is 10.1. The van der Waals surface area contributed by atoms with Crippen LogP contribution in [0.2, 0.25) is 0 Å². The number of carbonyl (C=O) groups excluding carboxylic acids is 1. The zero-order valence-electron chi connectivity index (χ0n) is 8.37. The fourth-order valence-corrected chi connectivity index (χ4v) is 1.56. The molecule has 1 aliphatic carbocycles. The smallest absolute Gasteiger partial charge is 0.270 e. The van der Waals surface area contributed by atoms with Gasteiger partial charge in [0, 0.05) is 6.54 Å². The largest absolute Gasteiger partial charge is 0.350 e. The van der Waals surface area contributed by atoms with Gasteiger partial charge in [0.05, 0.1) is 0 Å². The van der Waals surface area contributed by atoms with Crippen molar-refractivity contribution < 1.29 is 9.18 Å². The maximum Gasteiger partial charge on any atom is 0.270 e. The van der Waals surface area contributed by atoms with Gasteiger partial charge in [-0.2, -0.15) is 4.39 Å². The van der Waals surface area contributed by atoms with Crippen LogP contribution in [0.25, 0.3) is 0 Å². The SMILES string of the molecule is O=C(NCC1CCC1)c1cccc(F)n1. The summed E-state index contributed by atoms with van der Waals surface area (Å²) in [6, 6.07) is 4.22. The van der Waals surface area contributed by atoms with Crippen molar-refractivity contribution >= 4 is 5.91 Å². The fraction of sp³-hybridized carbons (Fsp3) is 0.455. The summed E-state index contributed by atoms with van der Waals surface area (Å²) in [7, 11) is 0. The molecule has 1 aromatic rings. The molecule has 1 saturated carbocycles. The molecule has 1 aliphatic rings. The van der Waals surface area contributed by atoms with Crippen LogP contribution >= 0.6 is 0 Å². The molecule has 15 heavy (non-hydrogen) atoms. The average Bonchev–Trinajstić information content (AvgIpc) is 2.15. The number of pyridine rings is 1. The maximum absolute atomic E-state index is 12.7. The van der Waals surface area contributed by atoms with Gasteiger partial charge in [0.1, 0.15) is 5.69 Å². The fourth-order valence-electron chi connectivity index (χ4n) is 1.56. The van der Waals surface area contributed by atoms with Crippen molar-refractivity contribution in [1.82, 2.24) is 10.3 Å². The normalized spacial score (nSPS) is 15.8. The molecule has 0 aliphatic heterocycles. The number of hydrogen-bond donors (Lipinski definition) is 1. The van der Waals surface area contributed by atoms with Crippen molar-refractivity contribution in [2.45, 2.75) is 19.3 Å². The number of hydrogen-bond acceptors (Lipinski definition) is 2. The maximum atomic E-state index is 12.7. The quantitative estimate of drug-likeness (QED) is 0.769. The van der Waals surface area contributed by atoms with Gasteiger partial charge in [0.15, 0.2) is 0 Å². The van der Waals surface area contributed by atoms with E-state index in [0.717, 1.165) is 0 Å². The van der Waals surface area contributed by atoms with E-state index >= 15 is 0 Å². The van der Waals surface area contributed by atoms with Crippen molar-refractivity contribution in [3.05, 3.63) is 29.8 Å². The van der Waals surface area contributed by atoms with Crippen LogP contribution in [0, 0.1) is 11.9 Å². The molecule has 0 unspecified atom stereocenters. The Balaban J connectivity index is 1.89. The van der Waals surface area contributed by atoms with Gasteiger partial charge in [-0.25, -0.2) is 4.98 Å². The summed E-state index contributed by atoms with van der Waals surface area (Å²) in [5.41, 5.74) is 0.148. The van der Waals surface area contributed by atoms with Crippen LogP contribution in [0.3, 0.4) is 0 Å². The van der Waals surface area contributed by atoms with Crippen molar-refractivity contribution in [3.63, 3.8) is 0 Å². The van der Waals surface area contributed by atoms with Crippen LogP contribution in [-0.4, -0.2) is 17.4 Å². The van der Waals surface area contributed by atoms with E-state index < -0.39 is 5.95 Å². The van der Waals surface area contributed by atoms with Crippen LogP contribution in [0.1, 0.15) is 29.8 Å². The Labute approximate surface area is 87.7 Å². The van der Waals surface area contributed by atoms with E-state index in [9.17, 15) is 9.18 Å². The average molecular weight is 208 g/mol. The third-order valence-corrected chi connectivity index (χ3v) is 2.72. The van der Waals surface area contributed by atoms with Crippen LogP contribution in [0.4, 0.5) is 4.39 Å². The predicted octanol–water partition coefficient (Wildman–Crippen LogP) is 1.75. The number of halogens is 1. The van der Waals surface area contributed by atoms with E-state index in [1.807, 2.05) is 0 Å². The summed E-state index contributed by atoms with van der Waals surface area (Å²) >= 11 is 0. The lowest BCUT2D eigenvalue weighted by molar-refractivity contribution is 0.0933. The molecule has 80 valence electrons.